The molecular weight excluding hydrogens is 280 g/mol. The Bertz CT molecular complexity index is 658. The van der Waals surface area contributed by atoms with Crippen molar-refractivity contribution in [1.82, 2.24) is 5.06 Å². The van der Waals surface area contributed by atoms with Gasteiger partial charge in [-0.2, -0.15) is 5.06 Å². The highest BCUT2D eigenvalue weighted by Crippen LogP contribution is 2.24. The van der Waals surface area contributed by atoms with Crippen molar-refractivity contribution in [1.29, 1.82) is 0 Å². The molecule has 0 spiro atoms. The lowest BCUT2D eigenvalue weighted by Crippen LogP contribution is -2.38. The van der Waals surface area contributed by atoms with Gasteiger partial charge in [-0.25, -0.2) is 4.99 Å². The number of allylic oxidation sites excluding steroid dienone is 1. The molecule has 0 radical (unpaired) electrons. The fourth-order valence-corrected chi connectivity index (χ4v) is 2.18. The van der Waals surface area contributed by atoms with E-state index in [2.05, 4.69) is 11.6 Å². The van der Waals surface area contributed by atoms with Crippen molar-refractivity contribution >= 4 is 11.7 Å². The summed E-state index contributed by atoms with van der Waals surface area (Å²) in [6.45, 7) is 5.27. The maximum Gasteiger partial charge on any atom is 0.279 e. The van der Waals surface area contributed by atoms with E-state index in [0.29, 0.717) is 17.1 Å². The van der Waals surface area contributed by atoms with Crippen molar-refractivity contribution in [2.75, 3.05) is 0 Å². The minimum atomic E-state index is -0.746. The average Bonchev–Trinajstić information content (AvgIpc) is 2.45. The molecule has 22 heavy (non-hydrogen) atoms. The molecule has 2 rings (SSSR count). The van der Waals surface area contributed by atoms with Gasteiger partial charge < -0.3 is 5.11 Å². The summed E-state index contributed by atoms with van der Waals surface area (Å²) in [6, 6.07) is 9.68. The van der Waals surface area contributed by atoms with E-state index in [-0.39, 0.29) is 19.0 Å². The summed E-state index contributed by atoms with van der Waals surface area (Å²) in [6.07, 6.45) is 2.73. The second kappa shape index (κ2) is 7.38. The minimum Gasteiger partial charge on any atom is -0.507 e. The van der Waals surface area contributed by atoms with Gasteiger partial charge in [-0.1, -0.05) is 49.9 Å². The van der Waals surface area contributed by atoms with Gasteiger partial charge >= 0.3 is 0 Å². The number of aliphatic imine (C=N–C) groups is 1. The van der Waals surface area contributed by atoms with Crippen LogP contribution in [-0.2, 0) is 11.2 Å². The SMILES string of the molecule is C.C=CN=C1/C(=C(\C)Cc2ccccc2)C(O)=CC(=O)N1O. The number of hydroxylamine groups is 2. The smallest absolute Gasteiger partial charge is 0.279 e. The molecule has 1 heterocycles. The molecule has 0 fully saturated rings. The van der Waals surface area contributed by atoms with Crippen LogP contribution in [0.4, 0.5) is 0 Å². The molecule has 1 aromatic rings. The van der Waals surface area contributed by atoms with Crippen LogP contribution < -0.4 is 0 Å². The summed E-state index contributed by atoms with van der Waals surface area (Å²) < 4.78 is 0. The number of aliphatic hydroxyl groups is 1. The van der Waals surface area contributed by atoms with Crippen molar-refractivity contribution in [2.45, 2.75) is 20.8 Å². The predicted octanol–water partition coefficient (Wildman–Crippen LogP) is 3.40. The summed E-state index contributed by atoms with van der Waals surface area (Å²) in [5, 5.41) is 20.2. The summed E-state index contributed by atoms with van der Waals surface area (Å²) >= 11 is 0. The van der Waals surface area contributed by atoms with Crippen LogP contribution in [0.1, 0.15) is 19.9 Å². The molecule has 0 saturated heterocycles. The number of aliphatic hydroxyl groups excluding tert-OH is 1. The van der Waals surface area contributed by atoms with Crippen LogP contribution in [0, 0.1) is 0 Å². The molecule has 1 amide bonds. The molecule has 0 unspecified atom stereocenters. The molecule has 116 valence electrons. The molecule has 0 saturated carbocycles. The zero-order valence-electron chi connectivity index (χ0n) is 11.7. The summed E-state index contributed by atoms with van der Waals surface area (Å²) in [7, 11) is 0. The van der Waals surface area contributed by atoms with E-state index in [1.54, 1.807) is 0 Å². The number of rotatable bonds is 3. The van der Waals surface area contributed by atoms with Gasteiger partial charge in [-0.15, -0.1) is 0 Å². The monoisotopic (exact) mass is 300 g/mol. The van der Waals surface area contributed by atoms with Crippen molar-refractivity contribution in [3.63, 3.8) is 0 Å². The van der Waals surface area contributed by atoms with Crippen molar-refractivity contribution in [3.05, 3.63) is 71.7 Å². The maximum atomic E-state index is 11.5. The molecule has 1 aliphatic heterocycles. The quantitative estimate of drug-likeness (QED) is 0.840. The first-order valence-corrected chi connectivity index (χ1v) is 6.41. The van der Waals surface area contributed by atoms with Crippen LogP contribution in [0.3, 0.4) is 0 Å². The number of carbonyl (C=O) groups excluding carboxylic acids is 1. The molecule has 5 heteroatoms. The number of nitrogens with zero attached hydrogens (tertiary/aromatic N) is 2. The van der Waals surface area contributed by atoms with E-state index in [1.165, 1.54) is 6.20 Å². The Labute approximate surface area is 130 Å². The van der Waals surface area contributed by atoms with Crippen molar-refractivity contribution in [3.8, 4) is 0 Å². The van der Waals surface area contributed by atoms with Crippen LogP contribution in [0.25, 0.3) is 0 Å². The fourth-order valence-electron chi connectivity index (χ4n) is 2.18. The summed E-state index contributed by atoms with van der Waals surface area (Å²) in [5.41, 5.74) is 2.16. The van der Waals surface area contributed by atoms with Crippen molar-refractivity contribution in [2.24, 2.45) is 4.99 Å². The Morgan fingerprint density at radius 1 is 1.36 bits per heavy atom. The predicted molar refractivity (Wildman–Crippen MR) is 86.6 cm³/mol. The highest BCUT2D eigenvalue weighted by Gasteiger charge is 2.29. The minimum absolute atomic E-state index is 0. The first-order valence-electron chi connectivity index (χ1n) is 6.41. The Kier molecular flexibility index (Phi) is 5.83. The van der Waals surface area contributed by atoms with E-state index in [1.807, 2.05) is 37.3 Å². The van der Waals surface area contributed by atoms with Crippen LogP contribution >= 0.6 is 0 Å². The van der Waals surface area contributed by atoms with Gasteiger partial charge in [0.1, 0.15) is 5.76 Å². The van der Waals surface area contributed by atoms with Gasteiger partial charge in [0.25, 0.3) is 5.91 Å². The maximum absolute atomic E-state index is 11.5. The van der Waals surface area contributed by atoms with Gasteiger partial charge in [0.2, 0.25) is 0 Å². The van der Waals surface area contributed by atoms with Crippen LogP contribution in [0.15, 0.2) is 71.1 Å². The summed E-state index contributed by atoms with van der Waals surface area (Å²) in [5.74, 6) is -0.980. The molecule has 1 aromatic carbocycles. The topological polar surface area (TPSA) is 73.1 Å². The number of carbonyl (C=O) groups is 1. The molecule has 2 N–H and O–H groups in total. The van der Waals surface area contributed by atoms with Crippen LogP contribution in [0.5, 0.6) is 0 Å². The molecular formula is C17H20N2O3. The third-order valence-corrected chi connectivity index (χ3v) is 3.10. The van der Waals surface area contributed by atoms with Gasteiger partial charge in [0, 0.05) is 12.3 Å². The first-order chi connectivity index (χ1) is 10.0. The van der Waals surface area contributed by atoms with Crippen LogP contribution in [0.2, 0.25) is 0 Å². The fraction of sp³-hybridized carbons (Fsp3) is 0.176. The lowest BCUT2D eigenvalue weighted by Gasteiger charge is -2.24. The lowest BCUT2D eigenvalue weighted by molar-refractivity contribution is -0.144. The van der Waals surface area contributed by atoms with Gasteiger partial charge in [-0.05, 0) is 18.9 Å². The highest BCUT2D eigenvalue weighted by atomic mass is 16.5. The van der Waals surface area contributed by atoms with Crippen LogP contribution in [-0.4, -0.2) is 27.1 Å². The van der Waals surface area contributed by atoms with Gasteiger partial charge in [-0.3, -0.25) is 10.0 Å². The molecule has 0 atom stereocenters. The number of benzene rings is 1. The Balaban J connectivity index is 0.00000242. The normalized spacial score (nSPS) is 18.6. The third kappa shape index (κ3) is 3.51. The Hall–Kier alpha value is -2.66. The second-order valence-electron chi connectivity index (χ2n) is 4.63. The van der Waals surface area contributed by atoms with E-state index in [4.69, 9.17) is 0 Å². The van der Waals surface area contributed by atoms with E-state index < -0.39 is 5.91 Å². The number of hydrogen-bond donors (Lipinski definition) is 2. The zero-order chi connectivity index (χ0) is 15.4. The number of amidine groups is 1. The van der Waals surface area contributed by atoms with E-state index in [9.17, 15) is 15.1 Å². The lowest BCUT2D eigenvalue weighted by atomic mass is 9.97. The Morgan fingerprint density at radius 3 is 2.59 bits per heavy atom. The number of amides is 1. The standard InChI is InChI=1S/C16H16N2O3.CH4/c1-3-17-16-15(13(19)10-14(20)18(16)21)11(2)9-12-7-5-4-6-8-12;/h3-8,10,19,21H,1,9H2,2H3;1H4/b15-11+,17-16?;. The molecule has 1 aliphatic rings. The third-order valence-electron chi connectivity index (χ3n) is 3.10. The van der Waals surface area contributed by atoms with E-state index in [0.717, 1.165) is 17.2 Å². The van der Waals surface area contributed by atoms with Gasteiger partial charge in [0.05, 0.1) is 5.57 Å². The molecule has 0 aromatic heterocycles. The average molecular weight is 300 g/mol. The largest absolute Gasteiger partial charge is 0.507 e. The highest BCUT2D eigenvalue weighted by molar-refractivity contribution is 6.15. The second-order valence-corrected chi connectivity index (χ2v) is 4.63. The van der Waals surface area contributed by atoms with Crippen molar-refractivity contribution < 1.29 is 15.1 Å². The molecule has 5 nitrogen and oxygen atoms in total. The number of hydrogen-bond acceptors (Lipinski definition) is 4. The zero-order valence-corrected chi connectivity index (χ0v) is 11.7. The van der Waals surface area contributed by atoms with Gasteiger partial charge in [0.15, 0.2) is 5.84 Å². The molecule has 0 bridgehead atoms. The molecule has 0 aliphatic carbocycles. The van der Waals surface area contributed by atoms with E-state index >= 15 is 0 Å². The Morgan fingerprint density at radius 2 is 2.00 bits per heavy atom. The first kappa shape index (κ1) is 17.4. The summed E-state index contributed by atoms with van der Waals surface area (Å²) in [4.78, 5) is 15.4.